The van der Waals surface area contributed by atoms with E-state index in [0.717, 1.165) is 12.1 Å². The van der Waals surface area contributed by atoms with E-state index in [0.29, 0.717) is 16.9 Å². The molecule has 0 radical (unpaired) electrons. The fraction of sp³-hybridized carbons (Fsp3) is 0.308. The van der Waals surface area contributed by atoms with Crippen LogP contribution in [0.4, 0.5) is 13.2 Å². The average Bonchev–Trinajstić information content (AvgIpc) is 2.33. The minimum absolute atomic E-state index is 0.132. The van der Waals surface area contributed by atoms with Crippen molar-refractivity contribution in [1.82, 2.24) is 9.97 Å². The molecule has 4 nitrogen and oxygen atoms in total. The Labute approximate surface area is 112 Å². The van der Waals surface area contributed by atoms with E-state index >= 15 is 0 Å². The van der Waals surface area contributed by atoms with Gasteiger partial charge in [-0.15, -0.1) is 0 Å². The van der Waals surface area contributed by atoms with Gasteiger partial charge in [-0.2, -0.15) is 13.2 Å². The van der Waals surface area contributed by atoms with E-state index in [2.05, 4.69) is 9.97 Å². The number of hydrogen-bond donors (Lipinski definition) is 1. The largest absolute Gasteiger partial charge is 0.481 e. The summed E-state index contributed by atoms with van der Waals surface area (Å²) in [5, 5.41) is 9.12. The number of aromatic nitrogens is 2. The Morgan fingerprint density at radius 1 is 1.30 bits per heavy atom. The summed E-state index contributed by atoms with van der Waals surface area (Å²) in [6, 6.07) is 3.19. The molecule has 0 unspecified atom stereocenters. The molecule has 106 valence electrons. The second-order valence-electron chi connectivity index (χ2n) is 4.34. The summed E-state index contributed by atoms with van der Waals surface area (Å²) in [4.78, 5) is 18.7. The Bertz CT molecular complexity index is 668. The van der Waals surface area contributed by atoms with Gasteiger partial charge in [0.1, 0.15) is 5.82 Å². The lowest BCUT2D eigenvalue weighted by Crippen LogP contribution is -2.06. The van der Waals surface area contributed by atoms with E-state index in [1.165, 1.54) is 6.07 Å². The maximum Gasteiger partial charge on any atom is 0.416 e. The van der Waals surface area contributed by atoms with Crippen LogP contribution in [0.3, 0.4) is 0 Å². The number of alkyl halides is 3. The molecular weight excluding hydrogens is 273 g/mol. The highest BCUT2D eigenvalue weighted by Gasteiger charge is 2.30. The topological polar surface area (TPSA) is 63.1 Å². The first-order chi connectivity index (χ1) is 9.27. The van der Waals surface area contributed by atoms with Gasteiger partial charge in [-0.05, 0) is 19.1 Å². The van der Waals surface area contributed by atoms with Crippen molar-refractivity contribution >= 4 is 16.9 Å². The molecule has 0 spiro atoms. The first-order valence-electron chi connectivity index (χ1n) is 5.83. The molecule has 0 aliphatic heterocycles. The van der Waals surface area contributed by atoms with Crippen LogP contribution in [0.1, 0.15) is 23.5 Å². The first-order valence-corrected chi connectivity index (χ1v) is 5.83. The zero-order valence-electron chi connectivity index (χ0n) is 10.5. The minimum Gasteiger partial charge on any atom is -0.481 e. The van der Waals surface area contributed by atoms with Gasteiger partial charge in [0.25, 0.3) is 0 Å². The number of hydrogen-bond acceptors (Lipinski definition) is 3. The van der Waals surface area contributed by atoms with Gasteiger partial charge >= 0.3 is 12.1 Å². The summed E-state index contributed by atoms with van der Waals surface area (Å²) in [6.07, 6.45) is -4.42. The van der Waals surface area contributed by atoms with Crippen molar-refractivity contribution < 1.29 is 23.1 Å². The second-order valence-corrected chi connectivity index (χ2v) is 4.34. The number of aryl methyl sites for hydroxylation is 2. The molecule has 2 rings (SSSR count). The molecule has 20 heavy (non-hydrogen) atoms. The monoisotopic (exact) mass is 284 g/mol. The first kappa shape index (κ1) is 14.2. The lowest BCUT2D eigenvalue weighted by molar-refractivity contribution is -0.138. The van der Waals surface area contributed by atoms with Gasteiger partial charge in [0.15, 0.2) is 0 Å². The molecule has 0 saturated carbocycles. The van der Waals surface area contributed by atoms with Gasteiger partial charge < -0.3 is 5.11 Å². The predicted octanol–water partition coefficient (Wildman–Crippen LogP) is 2.97. The van der Waals surface area contributed by atoms with Crippen LogP contribution in [0.25, 0.3) is 10.9 Å². The summed E-state index contributed by atoms with van der Waals surface area (Å²) >= 11 is 0. The van der Waals surface area contributed by atoms with Gasteiger partial charge in [0, 0.05) is 11.8 Å². The molecule has 7 heteroatoms. The van der Waals surface area contributed by atoms with Crippen molar-refractivity contribution in [1.29, 1.82) is 0 Å². The average molecular weight is 284 g/mol. The van der Waals surface area contributed by atoms with Gasteiger partial charge in [-0.3, -0.25) is 4.79 Å². The number of carbonyl (C=O) groups is 1. The Balaban J connectivity index is 2.52. The number of rotatable bonds is 3. The summed E-state index contributed by atoms with van der Waals surface area (Å²) in [6.45, 7) is 1.56. The number of carboxylic acids is 1. The molecule has 0 aliphatic carbocycles. The van der Waals surface area contributed by atoms with Gasteiger partial charge in [0.2, 0.25) is 0 Å². The number of aliphatic carboxylic acids is 1. The van der Waals surface area contributed by atoms with Gasteiger partial charge in [-0.1, -0.05) is 6.07 Å². The molecule has 0 amide bonds. The Morgan fingerprint density at radius 2 is 2.00 bits per heavy atom. The molecule has 0 aliphatic rings. The predicted molar refractivity (Wildman–Crippen MR) is 65.2 cm³/mol. The van der Waals surface area contributed by atoms with Crippen molar-refractivity contribution in [3.05, 3.63) is 35.3 Å². The molecule has 1 aromatic carbocycles. The molecule has 1 aromatic heterocycles. The fourth-order valence-electron chi connectivity index (χ4n) is 1.92. The van der Waals surface area contributed by atoms with Crippen LogP contribution in [0.15, 0.2) is 18.2 Å². The maximum absolute atomic E-state index is 12.6. The summed E-state index contributed by atoms with van der Waals surface area (Å²) < 4.78 is 37.9. The molecule has 1 heterocycles. The smallest absolute Gasteiger partial charge is 0.416 e. The van der Waals surface area contributed by atoms with Crippen molar-refractivity contribution in [2.24, 2.45) is 0 Å². The Hall–Kier alpha value is -2.18. The number of halogens is 3. The molecule has 0 bridgehead atoms. The van der Waals surface area contributed by atoms with Crippen LogP contribution < -0.4 is 0 Å². The Kier molecular flexibility index (Phi) is 3.61. The van der Waals surface area contributed by atoms with Crippen LogP contribution >= 0.6 is 0 Å². The SMILES string of the molecule is Cc1nc(CCC(=O)O)c2ccc(C(F)(F)F)cc2n1. The number of carboxylic acid groups (broad SMARTS) is 1. The number of nitrogens with zero attached hydrogens (tertiary/aromatic N) is 2. The van der Waals surface area contributed by atoms with Crippen molar-refractivity contribution in [3.8, 4) is 0 Å². The number of benzene rings is 1. The number of fused-ring (bicyclic) bond motifs is 1. The third-order valence-electron chi connectivity index (χ3n) is 2.79. The van der Waals surface area contributed by atoms with Crippen molar-refractivity contribution in [2.75, 3.05) is 0 Å². The third-order valence-corrected chi connectivity index (χ3v) is 2.79. The lowest BCUT2D eigenvalue weighted by Gasteiger charge is -2.10. The van der Waals surface area contributed by atoms with E-state index in [-0.39, 0.29) is 18.4 Å². The van der Waals surface area contributed by atoms with Gasteiger partial charge in [0.05, 0.1) is 23.2 Å². The molecule has 0 atom stereocenters. The second kappa shape index (κ2) is 5.07. The molecule has 2 aromatic rings. The highest BCUT2D eigenvalue weighted by molar-refractivity contribution is 5.82. The molecule has 1 N–H and O–H groups in total. The van der Waals surface area contributed by atoms with E-state index in [1.54, 1.807) is 6.92 Å². The van der Waals surface area contributed by atoms with Crippen LogP contribution in [0, 0.1) is 6.92 Å². The van der Waals surface area contributed by atoms with E-state index in [1.807, 2.05) is 0 Å². The zero-order valence-corrected chi connectivity index (χ0v) is 10.5. The van der Waals surface area contributed by atoms with Crippen molar-refractivity contribution in [3.63, 3.8) is 0 Å². The summed E-state index contributed by atoms with van der Waals surface area (Å²) in [7, 11) is 0. The Morgan fingerprint density at radius 3 is 2.60 bits per heavy atom. The minimum atomic E-state index is -4.44. The third kappa shape index (κ3) is 3.04. The maximum atomic E-state index is 12.6. The highest BCUT2D eigenvalue weighted by Crippen LogP contribution is 2.31. The highest BCUT2D eigenvalue weighted by atomic mass is 19.4. The van der Waals surface area contributed by atoms with E-state index in [4.69, 9.17) is 5.11 Å². The van der Waals surface area contributed by atoms with Crippen LogP contribution in [-0.4, -0.2) is 21.0 Å². The molecule has 0 saturated heterocycles. The van der Waals surface area contributed by atoms with Crippen LogP contribution in [0.5, 0.6) is 0 Å². The lowest BCUT2D eigenvalue weighted by atomic mass is 10.1. The quantitative estimate of drug-likeness (QED) is 0.941. The summed E-state index contributed by atoms with van der Waals surface area (Å²) in [5.74, 6) is -0.668. The zero-order chi connectivity index (χ0) is 14.9. The normalized spacial score (nSPS) is 11.8. The summed E-state index contributed by atoms with van der Waals surface area (Å²) in [5.41, 5.74) is -0.163. The van der Waals surface area contributed by atoms with Gasteiger partial charge in [-0.25, -0.2) is 9.97 Å². The van der Waals surface area contributed by atoms with Crippen LogP contribution in [0.2, 0.25) is 0 Å². The molecular formula is C13H11F3N2O2. The van der Waals surface area contributed by atoms with E-state index in [9.17, 15) is 18.0 Å². The standard InChI is InChI=1S/C13H11F3N2O2/c1-7-17-10(4-5-12(19)20)9-3-2-8(13(14,15)16)6-11(9)18-7/h2-3,6H,4-5H2,1H3,(H,19,20). The van der Waals surface area contributed by atoms with Crippen molar-refractivity contribution in [2.45, 2.75) is 25.9 Å². The van der Waals surface area contributed by atoms with E-state index < -0.39 is 17.7 Å². The fourth-order valence-corrected chi connectivity index (χ4v) is 1.92. The molecule has 0 fully saturated rings. The van der Waals surface area contributed by atoms with Crippen LogP contribution in [-0.2, 0) is 17.4 Å².